The molecule has 1 saturated heterocycles. The second kappa shape index (κ2) is 13.2. The Morgan fingerprint density at radius 1 is 1.05 bits per heavy atom. The predicted molar refractivity (Wildman–Crippen MR) is 146 cm³/mol. The van der Waals surface area contributed by atoms with E-state index in [2.05, 4.69) is 5.32 Å². The average Bonchev–Trinajstić information content (AvgIpc) is 2.92. The Morgan fingerprint density at radius 3 is 2.54 bits per heavy atom. The van der Waals surface area contributed by atoms with E-state index in [0.717, 1.165) is 17.5 Å². The molecule has 2 amide bonds. The Bertz CT molecular complexity index is 1270. The molecule has 0 aliphatic carbocycles. The molecule has 1 aliphatic heterocycles. The number of halogens is 1. The van der Waals surface area contributed by atoms with Gasteiger partial charge in [-0.3, -0.25) is 9.59 Å². The summed E-state index contributed by atoms with van der Waals surface area (Å²) >= 11 is 0. The lowest BCUT2D eigenvalue weighted by Crippen LogP contribution is -2.53. The van der Waals surface area contributed by atoms with Gasteiger partial charge in [-0.05, 0) is 60.2 Å². The molecule has 3 aromatic carbocycles. The summed E-state index contributed by atoms with van der Waals surface area (Å²) in [5.41, 5.74) is 2.42. The van der Waals surface area contributed by atoms with Crippen molar-refractivity contribution in [1.29, 1.82) is 0 Å². The van der Waals surface area contributed by atoms with E-state index in [1.54, 1.807) is 18.1 Å². The molecule has 4 rings (SSSR count). The van der Waals surface area contributed by atoms with E-state index in [9.17, 15) is 19.1 Å². The van der Waals surface area contributed by atoms with E-state index >= 15 is 0 Å². The van der Waals surface area contributed by atoms with Gasteiger partial charge in [-0.25, -0.2) is 4.39 Å². The van der Waals surface area contributed by atoms with E-state index in [0.29, 0.717) is 36.6 Å². The van der Waals surface area contributed by atoms with Crippen molar-refractivity contribution in [1.82, 2.24) is 10.2 Å². The minimum Gasteiger partial charge on any atom is -0.497 e. The zero-order chi connectivity index (χ0) is 27.8. The number of amides is 2. The summed E-state index contributed by atoms with van der Waals surface area (Å²) in [4.78, 5) is 27.1. The first kappa shape index (κ1) is 28.1. The van der Waals surface area contributed by atoms with Crippen molar-refractivity contribution in [3.05, 3.63) is 95.3 Å². The molecule has 2 N–H and O–H groups in total. The second-order valence-corrected chi connectivity index (χ2v) is 9.93. The quantitative estimate of drug-likeness (QED) is 0.384. The van der Waals surface area contributed by atoms with Crippen LogP contribution in [0.5, 0.6) is 11.5 Å². The van der Waals surface area contributed by atoms with Crippen molar-refractivity contribution >= 4 is 11.8 Å². The summed E-state index contributed by atoms with van der Waals surface area (Å²) in [6.07, 6.45) is 0.259. The van der Waals surface area contributed by atoms with Crippen LogP contribution in [0.1, 0.15) is 36.5 Å². The van der Waals surface area contributed by atoms with Crippen LogP contribution >= 0.6 is 0 Å². The fourth-order valence-electron chi connectivity index (χ4n) is 5.05. The van der Waals surface area contributed by atoms with E-state index < -0.39 is 23.9 Å². The van der Waals surface area contributed by atoms with Crippen LogP contribution in [0.2, 0.25) is 0 Å². The number of benzene rings is 3. The van der Waals surface area contributed by atoms with Crippen LogP contribution in [-0.2, 0) is 29.2 Å². The van der Waals surface area contributed by atoms with Gasteiger partial charge in [0.1, 0.15) is 23.9 Å². The highest BCUT2D eigenvalue weighted by Gasteiger charge is 2.38. The number of aliphatic hydroxyl groups is 1. The van der Waals surface area contributed by atoms with Gasteiger partial charge < -0.3 is 24.8 Å². The summed E-state index contributed by atoms with van der Waals surface area (Å²) in [6.45, 7) is 2.65. The summed E-state index contributed by atoms with van der Waals surface area (Å²) in [7, 11) is 1.58. The molecular weight excluding hydrogens is 499 g/mol. The number of rotatable bonds is 11. The van der Waals surface area contributed by atoms with Crippen LogP contribution in [0.3, 0.4) is 0 Å². The van der Waals surface area contributed by atoms with Gasteiger partial charge in [0.25, 0.3) is 0 Å². The molecule has 0 aromatic heterocycles. The lowest BCUT2D eigenvalue weighted by molar-refractivity contribution is -0.145. The molecule has 3 aromatic rings. The van der Waals surface area contributed by atoms with Gasteiger partial charge in [0, 0.05) is 26.1 Å². The average molecular weight is 535 g/mol. The Kier molecular flexibility index (Phi) is 9.54. The number of likely N-dealkylation sites (tertiary alicyclic amines) is 1. The normalized spacial score (nSPS) is 16.9. The van der Waals surface area contributed by atoms with Crippen molar-refractivity contribution in [3.8, 4) is 11.5 Å². The molecule has 0 bridgehead atoms. The Labute approximate surface area is 228 Å². The van der Waals surface area contributed by atoms with Gasteiger partial charge >= 0.3 is 0 Å². The Balaban J connectivity index is 1.47. The van der Waals surface area contributed by atoms with E-state index in [4.69, 9.17) is 9.47 Å². The second-order valence-electron chi connectivity index (χ2n) is 9.93. The molecule has 39 heavy (non-hydrogen) atoms. The molecule has 0 spiro atoms. The van der Waals surface area contributed by atoms with Crippen molar-refractivity contribution in [3.63, 3.8) is 0 Å². The Hall–Kier alpha value is -3.91. The molecule has 3 atom stereocenters. The van der Waals surface area contributed by atoms with Gasteiger partial charge in [-0.2, -0.15) is 0 Å². The first-order valence-corrected chi connectivity index (χ1v) is 13.2. The molecule has 1 heterocycles. The van der Waals surface area contributed by atoms with Crippen molar-refractivity contribution in [2.75, 3.05) is 13.7 Å². The zero-order valence-electron chi connectivity index (χ0n) is 22.3. The van der Waals surface area contributed by atoms with Gasteiger partial charge in [0.05, 0.1) is 25.2 Å². The molecular formula is C31H35FN2O5. The van der Waals surface area contributed by atoms with E-state index in [1.165, 1.54) is 19.1 Å². The highest BCUT2D eigenvalue weighted by atomic mass is 19.1. The van der Waals surface area contributed by atoms with Crippen LogP contribution in [0.15, 0.2) is 72.8 Å². The molecule has 7 nitrogen and oxygen atoms in total. The number of aliphatic hydroxyl groups excluding tert-OH is 1. The first-order chi connectivity index (χ1) is 18.8. The molecule has 0 unspecified atom stereocenters. The lowest BCUT2D eigenvalue weighted by Gasteiger charge is -2.37. The monoisotopic (exact) mass is 534 g/mol. The van der Waals surface area contributed by atoms with E-state index in [1.807, 2.05) is 54.6 Å². The Morgan fingerprint density at radius 2 is 1.79 bits per heavy atom. The number of hydrogen-bond donors (Lipinski definition) is 2. The third-order valence-corrected chi connectivity index (χ3v) is 6.93. The highest BCUT2D eigenvalue weighted by Crippen LogP contribution is 2.27. The van der Waals surface area contributed by atoms with Gasteiger partial charge in [0.15, 0.2) is 0 Å². The highest BCUT2D eigenvalue weighted by molar-refractivity contribution is 5.80. The largest absolute Gasteiger partial charge is 0.497 e. The summed E-state index contributed by atoms with van der Waals surface area (Å²) in [6, 6.07) is 20.7. The number of hydrogen-bond acceptors (Lipinski definition) is 5. The number of nitrogens with one attached hydrogen (secondary N) is 1. The zero-order valence-corrected chi connectivity index (χ0v) is 22.3. The van der Waals surface area contributed by atoms with Crippen molar-refractivity contribution in [2.24, 2.45) is 5.92 Å². The number of carbonyl (C=O) groups excluding carboxylic acids is 2. The SMILES string of the molecule is COc1cccc(COc2cc(F)cc(C[C@H](NC(C)=O)[C@H](O)[C@@H]3CCCN(Cc4ccccc4)C3=O)c2)c1. The minimum atomic E-state index is -1.13. The molecule has 1 aliphatic rings. The standard InChI is InChI=1S/C31H35FN2O5/c1-21(35)33-29(30(36)28-12-7-13-34(31(28)37)19-22-8-4-3-5-9-22)17-24-14-25(32)18-27(16-24)39-20-23-10-6-11-26(15-23)38-2/h3-6,8-11,14-16,18,28-30,36H,7,12-13,17,19-20H2,1-2H3,(H,33,35)/t28-,29-,30+/m0/s1. The third kappa shape index (κ3) is 7.80. The lowest BCUT2D eigenvalue weighted by atomic mass is 9.85. The van der Waals surface area contributed by atoms with Gasteiger partial charge in [0.2, 0.25) is 11.8 Å². The fourth-order valence-corrected chi connectivity index (χ4v) is 5.05. The van der Waals surface area contributed by atoms with Gasteiger partial charge in [-0.1, -0.05) is 42.5 Å². The maximum absolute atomic E-state index is 14.6. The third-order valence-electron chi connectivity index (χ3n) is 6.93. The summed E-state index contributed by atoms with van der Waals surface area (Å²) in [5.74, 6) is -0.623. The van der Waals surface area contributed by atoms with Gasteiger partial charge in [-0.15, -0.1) is 0 Å². The van der Waals surface area contributed by atoms with Crippen LogP contribution in [-0.4, -0.2) is 47.6 Å². The number of carbonyl (C=O) groups is 2. The number of methoxy groups -OCH3 is 1. The number of piperidine rings is 1. The summed E-state index contributed by atoms with van der Waals surface area (Å²) < 4.78 is 25.6. The fraction of sp³-hybridized carbons (Fsp3) is 0.355. The predicted octanol–water partition coefficient (Wildman–Crippen LogP) is 4.26. The molecule has 8 heteroatoms. The summed E-state index contributed by atoms with van der Waals surface area (Å²) in [5, 5.41) is 14.1. The van der Waals surface area contributed by atoms with Crippen LogP contribution in [0, 0.1) is 11.7 Å². The molecule has 206 valence electrons. The number of nitrogens with zero attached hydrogens (tertiary/aromatic N) is 1. The smallest absolute Gasteiger partial charge is 0.228 e. The van der Waals surface area contributed by atoms with Crippen LogP contribution < -0.4 is 14.8 Å². The molecule has 1 fully saturated rings. The van der Waals surface area contributed by atoms with Crippen LogP contribution in [0.25, 0.3) is 0 Å². The maximum atomic E-state index is 14.6. The first-order valence-electron chi connectivity index (χ1n) is 13.2. The van der Waals surface area contributed by atoms with E-state index in [-0.39, 0.29) is 24.8 Å². The molecule has 0 saturated carbocycles. The topological polar surface area (TPSA) is 88.1 Å². The minimum absolute atomic E-state index is 0.135. The van der Waals surface area contributed by atoms with Crippen molar-refractivity contribution < 1.29 is 28.6 Å². The molecule has 0 radical (unpaired) electrons. The van der Waals surface area contributed by atoms with Crippen LogP contribution in [0.4, 0.5) is 4.39 Å². The van der Waals surface area contributed by atoms with Crippen molar-refractivity contribution in [2.45, 2.75) is 51.5 Å². The maximum Gasteiger partial charge on any atom is 0.228 e. The number of ether oxygens (including phenoxy) is 2.